The van der Waals surface area contributed by atoms with E-state index in [1.54, 1.807) is 59.8 Å². The Hall–Kier alpha value is -4.04. The second-order valence-electron chi connectivity index (χ2n) is 15.1. The van der Waals surface area contributed by atoms with Crippen molar-refractivity contribution in [2.45, 2.75) is 116 Å². The fraction of sp³-hybridized carbons (Fsp3) is 0.629. The summed E-state index contributed by atoms with van der Waals surface area (Å²) in [6.07, 6.45) is 3.29. The van der Waals surface area contributed by atoms with Gasteiger partial charge in [0.1, 0.15) is 34.8 Å². The Morgan fingerprint density at radius 1 is 1.04 bits per heavy atom. The van der Waals surface area contributed by atoms with Gasteiger partial charge in [-0.05, 0) is 57.6 Å². The molecule has 0 unspecified atom stereocenters. The Morgan fingerprint density at radius 2 is 1.70 bits per heavy atom. The molecule has 1 aromatic carbocycles. The standard InChI is InChI=1S/C35H50ClN5O9/c1-10-11-22(27(42)30(44)37-19-12-13-19)38-29(43)24-17-35(16-23(40-50-35)20-14-21(36)26(48-9)15-25(20)47-8)18-41(24)31(45)28(33(2,3)4)39-32(46)49-34(5,6)7/h14-16,19,22,24,28,40H,10-13,17-18H2,1-9H3,(H,37,44)(H,38,43)(H,39,46)/t22-,24-,28+,35+/m0/s1. The second-order valence-corrected chi connectivity index (χ2v) is 15.5. The quantitative estimate of drug-likeness (QED) is 0.234. The molecule has 4 N–H and O–H groups in total. The van der Waals surface area contributed by atoms with Crippen LogP contribution in [0, 0.1) is 5.41 Å². The molecule has 1 aromatic rings. The molecule has 0 aromatic heterocycles. The lowest BCUT2D eigenvalue weighted by atomic mass is 9.85. The zero-order valence-corrected chi connectivity index (χ0v) is 31.0. The van der Waals surface area contributed by atoms with Crippen LogP contribution < -0.4 is 30.9 Å². The minimum atomic E-state index is -1.22. The van der Waals surface area contributed by atoms with Gasteiger partial charge in [0.2, 0.25) is 17.6 Å². The van der Waals surface area contributed by atoms with Crippen LogP contribution in [0.3, 0.4) is 0 Å². The summed E-state index contributed by atoms with van der Waals surface area (Å²) in [6.45, 7) is 12.2. The predicted molar refractivity (Wildman–Crippen MR) is 185 cm³/mol. The first-order valence-electron chi connectivity index (χ1n) is 16.8. The van der Waals surface area contributed by atoms with Crippen molar-refractivity contribution in [1.82, 2.24) is 26.3 Å². The number of halogens is 1. The maximum absolute atomic E-state index is 14.5. The monoisotopic (exact) mass is 719 g/mol. The van der Waals surface area contributed by atoms with E-state index in [0.717, 1.165) is 12.8 Å². The number of likely N-dealkylation sites (tertiary alicyclic amines) is 1. The molecule has 0 radical (unpaired) electrons. The average Bonchev–Trinajstić information content (AvgIpc) is 3.62. The molecule has 14 nitrogen and oxygen atoms in total. The fourth-order valence-corrected chi connectivity index (χ4v) is 6.18. The van der Waals surface area contributed by atoms with E-state index in [9.17, 15) is 24.0 Å². The van der Waals surface area contributed by atoms with E-state index in [0.29, 0.717) is 34.2 Å². The van der Waals surface area contributed by atoms with Gasteiger partial charge in [0, 0.05) is 24.1 Å². The van der Waals surface area contributed by atoms with Gasteiger partial charge in [-0.25, -0.2) is 4.79 Å². The van der Waals surface area contributed by atoms with Crippen LogP contribution in [-0.2, 0) is 28.8 Å². The summed E-state index contributed by atoms with van der Waals surface area (Å²) >= 11 is 6.45. The van der Waals surface area contributed by atoms with Gasteiger partial charge in [0.05, 0.1) is 37.5 Å². The van der Waals surface area contributed by atoms with Gasteiger partial charge in [0.15, 0.2) is 0 Å². The Kier molecular flexibility index (Phi) is 11.7. The number of rotatable bonds is 12. The number of methoxy groups -OCH3 is 2. The number of amides is 4. The molecule has 4 rings (SSSR count). The number of carbonyl (C=O) groups excluding carboxylic acids is 5. The smallest absolute Gasteiger partial charge is 0.408 e. The number of carbonyl (C=O) groups is 5. The summed E-state index contributed by atoms with van der Waals surface area (Å²) in [5.41, 5.74) is 1.10. The number of ether oxygens (including phenoxy) is 3. The van der Waals surface area contributed by atoms with E-state index in [2.05, 4.69) is 21.4 Å². The van der Waals surface area contributed by atoms with Crippen molar-refractivity contribution in [3.63, 3.8) is 0 Å². The Morgan fingerprint density at radius 3 is 2.26 bits per heavy atom. The molecule has 1 saturated heterocycles. The van der Waals surface area contributed by atoms with Gasteiger partial charge in [0.25, 0.3) is 5.91 Å². The highest BCUT2D eigenvalue weighted by Crippen LogP contribution is 2.42. The lowest BCUT2D eigenvalue weighted by molar-refractivity contribution is -0.144. The number of hydrogen-bond donors (Lipinski definition) is 4. The number of Topliss-reactive ketones (excluding diaryl/α,β-unsaturated/α-hetero) is 1. The minimum Gasteiger partial charge on any atom is -0.496 e. The van der Waals surface area contributed by atoms with Gasteiger partial charge in [-0.15, -0.1) is 0 Å². The van der Waals surface area contributed by atoms with Crippen molar-refractivity contribution >= 4 is 46.9 Å². The number of hydrogen-bond acceptors (Lipinski definition) is 10. The zero-order chi connectivity index (χ0) is 37.2. The van der Waals surface area contributed by atoms with Crippen molar-refractivity contribution in [3.8, 4) is 11.5 Å². The van der Waals surface area contributed by atoms with E-state index in [1.165, 1.54) is 19.1 Å². The molecular weight excluding hydrogens is 670 g/mol. The number of nitrogens with zero attached hydrogens (tertiary/aromatic N) is 1. The molecule has 4 atom stereocenters. The van der Waals surface area contributed by atoms with Crippen molar-refractivity contribution in [2.75, 3.05) is 20.8 Å². The maximum atomic E-state index is 14.5. The highest BCUT2D eigenvalue weighted by molar-refractivity contribution is 6.38. The van der Waals surface area contributed by atoms with Gasteiger partial charge in [-0.1, -0.05) is 45.7 Å². The van der Waals surface area contributed by atoms with Crippen molar-refractivity contribution in [3.05, 3.63) is 28.8 Å². The van der Waals surface area contributed by atoms with Gasteiger partial charge >= 0.3 is 6.09 Å². The summed E-state index contributed by atoms with van der Waals surface area (Å²) in [7, 11) is 2.99. The van der Waals surface area contributed by atoms with Crippen molar-refractivity contribution in [1.29, 1.82) is 0 Å². The summed E-state index contributed by atoms with van der Waals surface area (Å²) in [6, 6.07) is -0.115. The number of hydroxylamine groups is 1. The first-order chi connectivity index (χ1) is 23.3. The van der Waals surface area contributed by atoms with Crippen LogP contribution in [0.1, 0.15) is 86.1 Å². The number of alkyl carbamates (subject to hydrolysis) is 1. The third kappa shape index (κ3) is 9.19. The molecule has 0 bridgehead atoms. The van der Waals surface area contributed by atoms with Crippen LogP contribution in [0.25, 0.3) is 5.70 Å². The van der Waals surface area contributed by atoms with E-state index in [4.69, 9.17) is 30.6 Å². The summed E-state index contributed by atoms with van der Waals surface area (Å²) < 4.78 is 16.4. The first kappa shape index (κ1) is 38.8. The molecule has 2 heterocycles. The highest BCUT2D eigenvalue weighted by atomic mass is 35.5. The molecule has 1 spiro atoms. The molecule has 2 aliphatic heterocycles. The topological polar surface area (TPSA) is 174 Å². The molecule has 2 fully saturated rings. The number of benzene rings is 1. The zero-order valence-electron chi connectivity index (χ0n) is 30.3. The Balaban J connectivity index is 1.70. The Labute approximate surface area is 298 Å². The van der Waals surface area contributed by atoms with Gasteiger partial charge < -0.3 is 35.1 Å². The molecular formula is C35H50ClN5O9. The van der Waals surface area contributed by atoms with E-state index in [-0.39, 0.29) is 25.4 Å². The molecule has 1 aliphatic carbocycles. The number of ketones is 1. The Bertz CT molecular complexity index is 1530. The third-order valence-electron chi connectivity index (χ3n) is 8.60. The summed E-state index contributed by atoms with van der Waals surface area (Å²) in [5, 5.41) is 8.47. The highest BCUT2D eigenvalue weighted by Gasteiger charge is 2.54. The SMILES string of the molecule is CCC[C@H](NC(=O)[C@@H]1C[C@]2(C=C(c3cc(Cl)c(OC)cc3OC)NO2)CN1C(=O)[C@@H](NC(=O)OC(C)(C)C)C(C)(C)C)C(=O)C(=O)NC1CC1. The van der Waals surface area contributed by atoms with Gasteiger partial charge in [-0.3, -0.25) is 29.5 Å². The van der Waals surface area contributed by atoms with Crippen LogP contribution in [0.5, 0.6) is 11.5 Å². The summed E-state index contributed by atoms with van der Waals surface area (Å²) in [5.74, 6) is -1.85. The largest absolute Gasteiger partial charge is 0.496 e. The third-order valence-corrected chi connectivity index (χ3v) is 8.89. The number of nitrogens with one attached hydrogen (secondary N) is 4. The normalized spacial score (nSPS) is 21.4. The lowest BCUT2D eigenvalue weighted by Crippen LogP contribution is -2.59. The predicted octanol–water partition coefficient (Wildman–Crippen LogP) is 3.64. The maximum Gasteiger partial charge on any atom is 0.408 e. The second kappa shape index (κ2) is 15.1. The van der Waals surface area contributed by atoms with Crippen LogP contribution in [0.2, 0.25) is 5.02 Å². The van der Waals surface area contributed by atoms with Crippen LogP contribution in [0.4, 0.5) is 4.79 Å². The minimum absolute atomic E-state index is 0.0160. The van der Waals surface area contributed by atoms with Crippen molar-refractivity contribution < 1.29 is 43.0 Å². The molecule has 3 aliphatic rings. The average molecular weight is 720 g/mol. The molecule has 276 valence electrons. The van der Waals surface area contributed by atoms with Crippen LogP contribution in [0.15, 0.2) is 18.2 Å². The molecule has 15 heteroatoms. The van der Waals surface area contributed by atoms with Gasteiger partial charge in [-0.2, -0.15) is 0 Å². The van der Waals surface area contributed by atoms with E-state index >= 15 is 0 Å². The van der Waals surface area contributed by atoms with E-state index < -0.39 is 64.3 Å². The van der Waals surface area contributed by atoms with E-state index in [1.807, 2.05) is 6.92 Å². The van der Waals surface area contributed by atoms with Crippen LogP contribution in [-0.4, -0.2) is 90.6 Å². The lowest BCUT2D eigenvalue weighted by Gasteiger charge is -2.36. The van der Waals surface area contributed by atoms with Crippen LogP contribution >= 0.6 is 11.6 Å². The molecule has 50 heavy (non-hydrogen) atoms. The summed E-state index contributed by atoms with van der Waals surface area (Å²) in [4.78, 5) is 74.9. The molecule has 1 saturated carbocycles. The fourth-order valence-electron chi connectivity index (χ4n) is 5.93. The first-order valence-corrected chi connectivity index (χ1v) is 17.2. The molecule has 4 amide bonds. The van der Waals surface area contributed by atoms with Crippen molar-refractivity contribution in [2.24, 2.45) is 5.41 Å².